The molecule has 4 rings (SSSR count). The Bertz CT molecular complexity index is 1310. The van der Waals surface area contributed by atoms with Crippen LogP contribution in [0.25, 0.3) is 10.1 Å². The monoisotopic (exact) mass is 488 g/mol. The molecule has 0 aliphatic carbocycles. The van der Waals surface area contributed by atoms with Crippen LogP contribution in [0.2, 0.25) is 0 Å². The van der Waals surface area contributed by atoms with E-state index in [4.69, 9.17) is 20.6 Å². The van der Waals surface area contributed by atoms with Gasteiger partial charge in [-0.15, -0.1) is 11.3 Å². The number of anilines is 1. The molecule has 0 aliphatic rings. The molecule has 4 aromatic rings. The minimum Gasteiger partial charge on any atom is -0.481 e. The van der Waals surface area contributed by atoms with Crippen LogP contribution in [-0.4, -0.2) is 25.1 Å². The van der Waals surface area contributed by atoms with Gasteiger partial charge in [-0.25, -0.2) is 4.79 Å². The van der Waals surface area contributed by atoms with E-state index in [1.165, 1.54) is 11.3 Å². The molecule has 0 aliphatic heterocycles. The van der Waals surface area contributed by atoms with Gasteiger partial charge in [-0.2, -0.15) is 0 Å². The number of hydrogen-bond acceptors (Lipinski definition) is 6. The second-order valence-corrected chi connectivity index (χ2v) is 8.95. The molecule has 1 heterocycles. The molecule has 0 saturated heterocycles. The predicted octanol–water partition coefficient (Wildman–Crippen LogP) is 5.66. The summed E-state index contributed by atoms with van der Waals surface area (Å²) >= 11 is 1.44. The van der Waals surface area contributed by atoms with Crippen LogP contribution in [0, 0.1) is 5.41 Å². The van der Waals surface area contributed by atoms with Crippen LogP contribution in [0.5, 0.6) is 5.75 Å². The maximum Gasteiger partial charge on any atom is 0.411 e. The zero-order valence-corrected chi connectivity index (χ0v) is 20.2. The predicted molar refractivity (Wildman–Crippen MR) is 141 cm³/mol. The number of amidine groups is 1. The third kappa shape index (κ3) is 6.17. The van der Waals surface area contributed by atoms with Crippen molar-refractivity contribution in [1.82, 2.24) is 5.32 Å². The number of para-hydroxylation sites is 1. The molecule has 8 heteroatoms. The normalized spacial score (nSPS) is 11.7. The molecule has 1 aromatic heterocycles. The van der Waals surface area contributed by atoms with Crippen LogP contribution in [0.15, 0.2) is 78.9 Å². The Kier molecular flexibility index (Phi) is 7.97. The highest BCUT2D eigenvalue weighted by atomic mass is 32.1. The van der Waals surface area contributed by atoms with Crippen molar-refractivity contribution in [2.45, 2.75) is 19.6 Å². The number of carbonyl (C=O) groups excluding carboxylic acids is 1. The fourth-order valence-corrected chi connectivity index (χ4v) is 4.58. The SMILES string of the molecule is CCNCc1ccccc1NC(=O)OCC(Oc1cccc2sc(C(=N)N)cc12)c1ccccc1. The average molecular weight is 489 g/mol. The van der Waals surface area contributed by atoms with Crippen molar-refractivity contribution in [2.24, 2.45) is 5.73 Å². The summed E-state index contributed by atoms with van der Waals surface area (Å²) in [6.07, 6.45) is -1.07. The Balaban J connectivity index is 1.51. The summed E-state index contributed by atoms with van der Waals surface area (Å²) < 4.78 is 12.9. The summed E-state index contributed by atoms with van der Waals surface area (Å²) in [5.41, 5.74) is 8.25. The lowest BCUT2D eigenvalue weighted by atomic mass is 10.1. The first-order chi connectivity index (χ1) is 17.0. The first-order valence-corrected chi connectivity index (χ1v) is 12.2. The number of nitrogens with two attached hydrogens (primary N) is 1. The third-order valence-corrected chi connectivity index (χ3v) is 6.55. The van der Waals surface area contributed by atoms with Gasteiger partial charge in [-0.05, 0) is 41.9 Å². The Labute approximate surface area is 208 Å². The van der Waals surface area contributed by atoms with E-state index in [0.29, 0.717) is 22.9 Å². The molecule has 1 unspecified atom stereocenters. The number of nitrogen functional groups attached to an aromatic ring is 1. The second-order valence-electron chi connectivity index (χ2n) is 7.87. The molecule has 0 saturated carbocycles. The molecular formula is C27H28N4O3S. The van der Waals surface area contributed by atoms with Gasteiger partial charge in [0.15, 0.2) is 6.10 Å². The molecular weight excluding hydrogens is 460 g/mol. The highest BCUT2D eigenvalue weighted by Crippen LogP contribution is 2.35. The van der Waals surface area contributed by atoms with Gasteiger partial charge in [0, 0.05) is 22.3 Å². The Hall–Kier alpha value is -3.88. The van der Waals surface area contributed by atoms with Crippen LogP contribution in [0.4, 0.5) is 10.5 Å². The van der Waals surface area contributed by atoms with E-state index in [0.717, 1.165) is 27.8 Å². The Morgan fingerprint density at radius 2 is 1.83 bits per heavy atom. The molecule has 0 fully saturated rings. The smallest absolute Gasteiger partial charge is 0.411 e. The van der Waals surface area contributed by atoms with Gasteiger partial charge in [-0.1, -0.05) is 61.5 Å². The average Bonchev–Trinajstić information content (AvgIpc) is 3.32. The fraction of sp³-hybridized carbons (Fsp3) is 0.185. The van der Waals surface area contributed by atoms with E-state index in [9.17, 15) is 4.79 Å². The summed E-state index contributed by atoms with van der Waals surface area (Å²) in [4.78, 5) is 13.4. The van der Waals surface area contributed by atoms with Gasteiger partial charge in [-0.3, -0.25) is 10.7 Å². The lowest BCUT2D eigenvalue weighted by Gasteiger charge is -2.20. The number of amides is 1. The molecule has 35 heavy (non-hydrogen) atoms. The van der Waals surface area contributed by atoms with Gasteiger partial charge in [0.1, 0.15) is 18.2 Å². The van der Waals surface area contributed by atoms with Crippen molar-refractivity contribution >= 4 is 39.0 Å². The quantitative estimate of drug-likeness (QED) is 0.170. The number of rotatable bonds is 10. The van der Waals surface area contributed by atoms with E-state index in [1.54, 1.807) is 0 Å². The van der Waals surface area contributed by atoms with E-state index >= 15 is 0 Å². The van der Waals surface area contributed by atoms with Crippen LogP contribution < -0.4 is 21.1 Å². The highest BCUT2D eigenvalue weighted by molar-refractivity contribution is 7.20. The Morgan fingerprint density at radius 1 is 1.06 bits per heavy atom. The van der Waals surface area contributed by atoms with Gasteiger partial charge in [0.25, 0.3) is 0 Å². The molecule has 0 bridgehead atoms. The number of thiophene rings is 1. The van der Waals surface area contributed by atoms with Crippen molar-refractivity contribution < 1.29 is 14.3 Å². The van der Waals surface area contributed by atoms with E-state index in [-0.39, 0.29) is 12.4 Å². The zero-order chi connectivity index (χ0) is 24.6. The minimum atomic E-state index is -0.550. The minimum absolute atomic E-state index is 0.0192. The van der Waals surface area contributed by atoms with E-state index in [2.05, 4.69) is 10.6 Å². The van der Waals surface area contributed by atoms with Gasteiger partial charge in [0.05, 0.1) is 4.88 Å². The van der Waals surface area contributed by atoms with E-state index in [1.807, 2.05) is 85.8 Å². The third-order valence-electron chi connectivity index (χ3n) is 5.41. The molecule has 1 atom stereocenters. The van der Waals surface area contributed by atoms with Crippen LogP contribution in [0.3, 0.4) is 0 Å². The summed E-state index contributed by atoms with van der Waals surface area (Å²) in [6, 6.07) is 24.8. The molecule has 3 aromatic carbocycles. The first-order valence-electron chi connectivity index (χ1n) is 11.4. The number of hydrogen-bond donors (Lipinski definition) is 4. The van der Waals surface area contributed by atoms with Crippen molar-refractivity contribution in [3.63, 3.8) is 0 Å². The molecule has 0 radical (unpaired) electrons. The van der Waals surface area contributed by atoms with Crippen LogP contribution >= 0.6 is 11.3 Å². The van der Waals surface area contributed by atoms with Gasteiger partial charge < -0.3 is 20.5 Å². The summed E-state index contributed by atoms with van der Waals surface area (Å²) in [7, 11) is 0. The summed E-state index contributed by atoms with van der Waals surface area (Å²) in [6.45, 7) is 3.53. The largest absolute Gasteiger partial charge is 0.481 e. The number of nitrogens with one attached hydrogen (secondary N) is 3. The number of benzene rings is 3. The maximum absolute atomic E-state index is 12.7. The number of ether oxygens (including phenoxy) is 2. The van der Waals surface area contributed by atoms with Crippen LogP contribution in [-0.2, 0) is 11.3 Å². The van der Waals surface area contributed by atoms with Gasteiger partial charge in [0.2, 0.25) is 0 Å². The summed E-state index contributed by atoms with van der Waals surface area (Å²) in [5.74, 6) is 0.659. The molecule has 5 N–H and O–H groups in total. The molecule has 7 nitrogen and oxygen atoms in total. The lowest BCUT2D eigenvalue weighted by Crippen LogP contribution is -2.22. The second kappa shape index (κ2) is 11.5. The number of carbonyl (C=O) groups is 1. The fourth-order valence-electron chi connectivity index (χ4n) is 3.64. The van der Waals surface area contributed by atoms with Crippen molar-refractivity contribution in [2.75, 3.05) is 18.5 Å². The van der Waals surface area contributed by atoms with Crippen molar-refractivity contribution in [3.8, 4) is 5.75 Å². The molecule has 1 amide bonds. The van der Waals surface area contributed by atoms with Crippen LogP contribution in [0.1, 0.15) is 29.0 Å². The first kappa shape index (κ1) is 24.3. The number of fused-ring (bicyclic) bond motifs is 1. The van der Waals surface area contributed by atoms with Gasteiger partial charge >= 0.3 is 6.09 Å². The maximum atomic E-state index is 12.7. The van der Waals surface area contributed by atoms with E-state index < -0.39 is 12.2 Å². The topological polar surface area (TPSA) is 109 Å². The zero-order valence-electron chi connectivity index (χ0n) is 19.4. The summed E-state index contributed by atoms with van der Waals surface area (Å²) in [5, 5.41) is 14.7. The van der Waals surface area contributed by atoms with Crippen molar-refractivity contribution in [3.05, 3.63) is 94.9 Å². The van der Waals surface area contributed by atoms with Crippen molar-refractivity contribution in [1.29, 1.82) is 5.41 Å². The molecule has 0 spiro atoms. The molecule has 180 valence electrons. The standard InChI is InChI=1S/C27H28N4O3S/c1-2-30-16-19-11-6-7-12-21(19)31-27(32)33-17-23(18-9-4-3-5-10-18)34-22-13-8-14-24-20(22)15-25(35-24)26(28)29/h3-15,23,30H,2,16-17H2,1H3,(H3,28,29)(H,31,32). The highest BCUT2D eigenvalue weighted by Gasteiger charge is 2.19. The Morgan fingerprint density at radius 3 is 2.60 bits per heavy atom. The lowest BCUT2D eigenvalue weighted by molar-refractivity contribution is 0.0910.